The van der Waals surface area contributed by atoms with Crippen LogP contribution in [0.25, 0.3) is 0 Å². The van der Waals surface area contributed by atoms with Gasteiger partial charge in [0, 0.05) is 12.2 Å². The highest BCUT2D eigenvalue weighted by Gasteiger charge is 2.50. The van der Waals surface area contributed by atoms with Crippen LogP contribution in [-0.4, -0.2) is 42.3 Å². The van der Waals surface area contributed by atoms with E-state index in [1.54, 1.807) is 23.1 Å². The molecule has 9 heteroatoms. The molecule has 2 fully saturated rings. The Balaban J connectivity index is 2.13. The van der Waals surface area contributed by atoms with Crippen molar-refractivity contribution in [3.63, 3.8) is 0 Å². The molecule has 0 saturated carbocycles. The van der Waals surface area contributed by atoms with Crippen LogP contribution in [0, 0.1) is 0 Å². The summed E-state index contributed by atoms with van der Waals surface area (Å²) in [5.74, 6) is -0.278. The minimum absolute atomic E-state index is 0.00312. The molecule has 0 unspecified atom stereocenters. The second-order valence-corrected chi connectivity index (χ2v) is 9.33. The van der Waals surface area contributed by atoms with Crippen molar-refractivity contribution in [3.8, 4) is 0 Å². The first kappa shape index (κ1) is 16.1. The van der Waals surface area contributed by atoms with Crippen LogP contribution in [0.4, 0.5) is 5.69 Å². The Morgan fingerprint density at radius 2 is 1.95 bits per heavy atom. The number of sulfone groups is 1. The molecule has 0 aromatic heterocycles. The normalized spacial score (nSPS) is 28.1. The van der Waals surface area contributed by atoms with Gasteiger partial charge in [-0.15, -0.1) is 0 Å². The van der Waals surface area contributed by atoms with Crippen LogP contribution in [-0.2, 0) is 14.6 Å². The number of halogens is 2. The standard InChI is InChI=1S/C13H12Cl2N2O3S2/c1-7(18)16-13-17(12-8(14)3-2-4-9(12)15)10-5-22(19,20)6-11(10)21-13/h2-4,10-11H,5-6H2,1H3/t10-,11+/m0/s1. The van der Waals surface area contributed by atoms with Gasteiger partial charge in [-0.1, -0.05) is 41.0 Å². The van der Waals surface area contributed by atoms with Crippen molar-refractivity contribution in [1.29, 1.82) is 0 Å². The monoisotopic (exact) mass is 378 g/mol. The number of rotatable bonds is 1. The zero-order valence-electron chi connectivity index (χ0n) is 11.5. The summed E-state index contributed by atoms with van der Waals surface area (Å²) in [6.45, 7) is 1.35. The third-order valence-corrected chi connectivity index (χ3v) is 7.32. The Morgan fingerprint density at radius 1 is 1.32 bits per heavy atom. The van der Waals surface area contributed by atoms with Crippen molar-refractivity contribution in [3.05, 3.63) is 28.2 Å². The highest BCUT2D eigenvalue weighted by Crippen LogP contribution is 2.45. The maximum atomic E-state index is 11.9. The van der Waals surface area contributed by atoms with E-state index in [1.807, 2.05) is 0 Å². The van der Waals surface area contributed by atoms with E-state index in [9.17, 15) is 13.2 Å². The van der Waals surface area contributed by atoms with E-state index in [0.717, 1.165) is 0 Å². The first-order chi connectivity index (χ1) is 10.3. The molecular formula is C13H12Cl2N2O3S2. The van der Waals surface area contributed by atoms with Crippen LogP contribution in [0.5, 0.6) is 0 Å². The van der Waals surface area contributed by atoms with Crippen molar-refractivity contribution in [1.82, 2.24) is 0 Å². The molecule has 22 heavy (non-hydrogen) atoms. The molecule has 1 amide bonds. The molecule has 2 aliphatic heterocycles. The number of anilines is 1. The molecule has 0 spiro atoms. The summed E-state index contributed by atoms with van der Waals surface area (Å²) >= 11 is 13.8. The minimum atomic E-state index is -3.11. The number of hydrogen-bond donors (Lipinski definition) is 0. The molecular weight excluding hydrogens is 367 g/mol. The van der Waals surface area contributed by atoms with Gasteiger partial charge in [0.2, 0.25) is 5.91 Å². The zero-order chi connectivity index (χ0) is 16.1. The van der Waals surface area contributed by atoms with Gasteiger partial charge < -0.3 is 4.90 Å². The molecule has 118 valence electrons. The molecule has 0 bridgehead atoms. The Labute approximate surface area is 142 Å². The van der Waals surface area contributed by atoms with Crippen molar-refractivity contribution in [2.24, 2.45) is 4.99 Å². The number of carbonyl (C=O) groups excluding carboxylic acids is 1. The van der Waals surface area contributed by atoms with Crippen LogP contribution < -0.4 is 4.90 Å². The molecule has 1 aromatic rings. The summed E-state index contributed by atoms with van der Waals surface area (Å²) in [4.78, 5) is 17.1. The van der Waals surface area contributed by atoms with Crippen molar-refractivity contribution < 1.29 is 13.2 Å². The Morgan fingerprint density at radius 3 is 2.55 bits per heavy atom. The lowest BCUT2D eigenvalue weighted by atomic mass is 10.2. The summed E-state index contributed by atoms with van der Waals surface area (Å²) in [6, 6.07) is 4.75. The Kier molecular flexibility index (Phi) is 4.18. The zero-order valence-corrected chi connectivity index (χ0v) is 14.6. The number of amides is 1. The molecule has 2 aliphatic rings. The smallest absolute Gasteiger partial charge is 0.244 e. The van der Waals surface area contributed by atoms with Gasteiger partial charge in [-0.3, -0.25) is 4.79 Å². The summed E-state index contributed by atoms with van der Waals surface area (Å²) in [5, 5.41) is 1.08. The van der Waals surface area contributed by atoms with Gasteiger partial charge in [-0.25, -0.2) is 8.42 Å². The van der Waals surface area contributed by atoms with Gasteiger partial charge in [-0.05, 0) is 12.1 Å². The fourth-order valence-electron chi connectivity index (χ4n) is 2.68. The van der Waals surface area contributed by atoms with Crippen molar-refractivity contribution in [2.45, 2.75) is 18.2 Å². The number of carbonyl (C=O) groups is 1. The predicted molar refractivity (Wildman–Crippen MR) is 90.9 cm³/mol. The lowest BCUT2D eigenvalue weighted by Crippen LogP contribution is -2.38. The van der Waals surface area contributed by atoms with E-state index in [4.69, 9.17) is 23.2 Å². The molecule has 2 heterocycles. The molecule has 0 radical (unpaired) electrons. The van der Waals surface area contributed by atoms with Gasteiger partial charge in [0.15, 0.2) is 15.0 Å². The van der Waals surface area contributed by atoms with Crippen LogP contribution in [0.1, 0.15) is 6.92 Å². The van der Waals surface area contributed by atoms with E-state index in [0.29, 0.717) is 20.9 Å². The topological polar surface area (TPSA) is 66.8 Å². The van der Waals surface area contributed by atoms with Gasteiger partial charge in [0.05, 0.1) is 33.3 Å². The van der Waals surface area contributed by atoms with Crippen LogP contribution in [0.3, 0.4) is 0 Å². The maximum absolute atomic E-state index is 11.9. The number of amidine groups is 1. The quantitative estimate of drug-likeness (QED) is 0.751. The molecule has 5 nitrogen and oxygen atoms in total. The minimum Gasteiger partial charge on any atom is -0.313 e. The predicted octanol–water partition coefficient (Wildman–Crippen LogP) is 2.61. The van der Waals surface area contributed by atoms with Crippen molar-refractivity contribution in [2.75, 3.05) is 16.4 Å². The second kappa shape index (κ2) is 5.70. The molecule has 0 N–H and O–H groups in total. The highest BCUT2D eigenvalue weighted by atomic mass is 35.5. The van der Waals surface area contributed by atoms with Crippen LogP contribution in [0.2, 0.25) is 10.0 Å². The fourth-order valence-corrected chi connectivity index (χ4v) is 7.20. The Hall–Kier alpha value is -0.760. The molecule has 1 aromatic carbocycles. The van der Waals surface area contributed by atoms with E-state index in [1.165, 1.54) is 18.7 Å². The number of benzene rings is 1. The van der Waals surface area contributed by atoms with E-state index in [2.05, 4.69) is 4.99 Å². The summed E-state index contributed by atoms with van der Waals surface area (Å²) in [5.41, 5.74) is 0.503. The third kappa shape index (κ3) is 2.87. The first-order valence-corrected chi connectivity index (χ1v) is 9.94. The van der Waals surface area contributed by atoms with Crippen LogP contribution in [0.15, 0.2) is 23.2 Å². The highest BCUT2D eigenvalue weighted by molar-refractivity contribution is 8.16. The average molecular weight is 379 g/mol. The van der Waals surface area contributed by atoms with Gasteiger partial charge in [0.25, 0.3) is 0 Å². The van der Waals surface area contributed by atoms with Gasteiger partial charge in [-0.2, -0.15) is 4.99 Å². The van der Waals surface area contributed by atoms with E-state index in [-0.39, 0.29) is 28.7 Å². The molecule has 0 aliphatic carbocycles. The SMILES string of the molecule is CC(=O)N=C1S[C@@H]2CS(=O)(=O)C[C@@H]2N1c1c(Cl)cccc1Cl. The summed E-state index contributed by atoms with van der Waals surface area (Å²) < 4.78 is 23.8. The summed E-state index contributed by atoms with van der Waals surface area (Å²) in [7, 11) is -3.11. The molecule has 2 saturated heterocycles. The van der Waals surface area contributed by atoms with E-state index >= 15 is 0 Å². The molecule has 2 atom stereocenters. The maximum Gasteiger partial charge on any atom is 0.244 e. The lowest BCUT2D eigenvalue weighted by molar-refractivity contribution is -0.115. The third-order valence-electron chi connectivity index (χ3n) is 3.50. The number of nitrogens with zero attached hydrogens (tertiary/aromatic N) is 2. The van der Waals surface area contributed by atoms with Gasteiger partial charge >= 0.3 is 0 Å². The second-order valence-electron chi connectivity index (χ2n) is 5.15. The average Bonchev–Trinajstić information content (AvgIpc) is 2.81. The largest absolute Gasteiger partial charge is 0.313 e. The lowest BCUT2D eigenvalue weighted by Gasteiger charge is -2.26. The van der Waals surface area contributed by atoms with Crippen LogP contribution >= 0.6 is 35.0 Å². The summed E-state index contributed by atoms with van der Waals surface area (Å²) in [6.07, 6.45) is 0. The number of fused-ring (bicyclic) bond motifs is 1. The number of thioether (sulfide) groups is 1. The first-order valence-electron chi connectivity index (χ1n) is 6.48. The number of hydrogen-bond acceptors (Lipinski definition) is 4. The van der Waals surface area contributed by atoms with Gasteiger partial charge in [0.1, 0.15) is 0 Å². The molecule has 3 rings (SSSR count). The van der Waals surface area contributed by atoms with E-state index < -0.39 is 9.84 Å². The van der Waals surface area contributed by atoms with Crippen molar-refractivity contribution >= 4 is 61.6 Å². The Bertz CT molecular complexity index is 759. The number of aliphatic imine (C=N–C) groups is 1. The number of para-hydroxylation sites is 1. The fraction of sp³-hybridized carbons (Fsp3) is 0.385.